The van der Waals surface area contributed by atoms with Crippen molar-refractivity contribution < 1.29 is 17.7 Å². The van der Waals surface area contributed by atoms with E-state index in [0.29, 0.717) is 5.72 Å². The van der Waals surface area contributed by atoms with E-state index in [2.05, 4.69) is 0 Å². The molecule has 0 fully saturated rings. The molecule has 0 radical (unpaired) electrons. The van der Waals surface area contributed by atoms with E-state index in [1.165, 1.54) is 11.6 Å². The van der Waals surface area contributed by atoms with Crippen molar-refractivity contribution in [3.63, 3.8) is 0 Å². The van der Waals surface area contributed by atoms with Gasteiger partial charge in [0.25, 0.3) is 0 Å². The normalized spacial score (nSPS) is 12.1. The number of rotatable bonds is 0. The van der Waals surface area contributed by atoms with Gasteiger partial charge in [-0.1, -0.05) is 0 Å². The molecule has 0 spiro atoms. The fourth-order valence-electron chi connectivity index (χ4n) is 1.04. The minimum atomic E-state index is -4.26. The van der Waals surface area contributed by atoms with Gasteiger partial charge >= 0.3 is 6.18 Å². The van der Waals surface area contributed by atoms with Crippen LogP contribution < -0.4 is 10.3 Å². The van der Waals surface area contributed by atoms with Gasteiger partial charge in [0.05, 0.1) is 14.1 Å². The molecule has 0 amide bonds. The molecule has 0 aliphatic rings. The van der Waals surface area contributed by atoms with Crippen molar-refractivity contribution in [2.75, 3.05) is 0 Å². The summed E-state index contributed by atoms with van der Waals surface area (Å²) in [5.41, 5.74) is -0.0511. The van der Waals surface area contributed by atoms with Crippen LogP contribution in [0.15, 0.2) is 6.20 Å². The first-order chi connectivity index (χ1) is 5.34. The lowest BCUT2D eigenvalue weighted by Gasteiger charge is -2.00. The molecule has 1 aromatic heterocycles. The van der Waals surface area contributed by atoms with Crippen molar-refractivity contribution in [2.45, 2.75) is 6.18 Å². The maximum atomic E-state index is 12.2. The second kappa shape index (κ2) is 2.53. The Hall–Kier alpha value is -0.935. The zero-order valence-electron chi connectivity index (χ0n) is 7.11. The molecule has 0 bridgehead atoms. The molecule has 12 heavy (non-hydrogen) atoms. The summed E-state index contributed by atoms with van der Waals surface area (Å²) >= 11 is 0. The second-order valence-electron chi connectivity index (χ2n) is 2.73. The first-order valence-corrected chi connectivity index (χ1v) is 3.43. The molecule has 0 N–H and O–H groups in total. The minimum absolute atomic E-state index is 0.572. The summed E-state index contributed by atoms with van der Waals surface area (Å²) in [4.78, 5) is 0. The monoisotopic (exact) mass is 177 g/mol. The molecule has 0 saturated heterocycles. The third-order valence-corrected chi connectivity index (χ3v) is 1.96. The van der Waals surface area contributed by atoms with Gasteiger partial charge in [0, 0.05) is 0 Å². The highest BCUT2D eigenvalue weighted by Gasteiger charge is 2.39. The van der Waals surface area contributed by atoms with Crippen molar-refractivity contribution in [1.29, 1.82) is 0 Å². The van der Waals surface area contributed by atoms with Gasteiger partial charge in [0.2, 0.25) is 13.5 Å². The van der Waals surface area contributed by atoms with Gasteiger partial charge in [-0.3, -0.25) is 0 Å². The summed E-state index contributed by atoms with van der Waals surface area (Å²) in [6.45, 7) is 0. The van der Waals surface area contributed by atoms with Gasteiger partial charge in [-0.2, -0.15) is 13.2 Å². The first kappa shape index (κ1) is 9.16. The SMILES string of the molecule is Bc1n(C)cc(C(F)(F)F)[n+]1C. The van der Waals surface area contributed by atoms with Crippen LogP contribution in [0.2, 0.25) is 0 Å². The summed E-state index contributed by atoms with van der Waals surface area (Å²) in [5, 5.41) is 0. The van der Waals surface area contributed by atoms with Gasteiger partial charge in [0.15, 0.2) is 5.72 Å². The van der Waals surface area contributed by atoms with E-state index in [9.17, 15) is 13.2 Å². The molecule has 1 aromatic rings. The largest absolute Gasteiger partial charge is 0.457 e. The van der Waals surface area contributed by atoms with Gasteiger partial charge in [-0.15, -0.1) is 0 Å². The number of halogens is 3. The summed E-state index contributed by atoms with van der Waals surface area (Å²) < 4.78 is 39.2. The predicted molar refractivity (Wildman–Crippen MR) is 39.8 cm³/mol. The molecule has 1 heterocycles. The number of hydrogen-bond acceptors (Lipinski definition) is 0. The van der Waals surface area contributed by atoms with Crippen LogP contribution in [0.3, 0.4) is 0 Å². The maximum absolute atomic E-state index is 12.2. The highest BCUT2D eigenvalue weighted by Crippen LogP contribution is 2.25. The Bertz CT molecular complexity index is 302. The van der Waals surface area contributed by atoms with E-state index in [1.807, 2.05) is 0 Å². The number of imidazole rings is 1. The Morgan fingerprint density at radius 1 is 1.50 bits per heavy atom. The number of hydrogen-bond donors (Lipinski definition) is 0. The van der Waals surface area contributed by atoms with Gasteiger partial charge in [-0.05, 0) is 0 Å². The van der Waals surface area contributed by atoms with Crippen molar-refractivity contribution >= 4 is 13.6 Å². The number of aryl methyl sites for hydroxylation is 1. The average molecular weight is 177 g/mol. The first-order valence-electron chi connectivity index (χ1n) is 3.43. The summed E-state index contributed by atoms with van der Waals surface area (Å²) in [6, 6.07) is 0. The molecule has 0 saturated carbocycles. The van der Waals surface area contributed by atoms with Crippen LogP contribution >= 0.6 is 0 Å². The van der Waals surface area contributed by atoms with Gasteiger partial charge in [0.1, 0.15) is 6.20 Å². The highest BCUT2D eigenvalue weighted by atomic mass is 19.4. The van der Waals surface area contributed by atoms with Crippen molar-refractivity contribution in [3.05, 3.63) is 11.9 Å². The fraction of sp³-hybridized carbons (Fsp3) is 0.500. The van der Waals surface area contributed by atoms with Gasteiger partial charge in [-0.25, -0.2) is 9.13 Å². The molecular weight excluding hydrogens is 168 g/mol. The molecule has 66 valence electrons. The lowest BCUT2D eigenvalue weighted by Crippen LogP contribution is -2.50. The Morgan fingerprint density at radius 3 is 2.17 bits per heavy atom. The number of alkyl halides is 3. The molecule has 0 unspecified atom stereocenters. The van der Waals surface area contributed by atoms with Crippen LogP contribution in [0.5, 0.6) is 0 Å². The third-order valence-electron chi connectivity index (χ3n) is 1.96. The van der Waals surface area contributed by atoms with E-state index in [4.69, 9.17) is 0 Å². The highest BCUT2D eigenvalue weighted by molar-refractivity contribution is 6.27. The average Bonchev–Trinajstić information content (AvgIpc) is 2.15. The quantitative estimate of drug-likeness (QED) is 0.359. The Morgan fingerprint density at radius 2 is 2.00 bits per heavy atom. The van der Waals surface area contributed by atoms with Crippen LogP contribution in [0.4, 0.5) is 13.2 Å². The Balaban J connectivity index is 3.28. The predicted octanol–water partition coefficient (Wildman–Crippen LogP) is -0.873. The van der Waals surface area contributed by atoms with E-state index < -0.39 is 11.9 Å². The van der Waals surface area contributed by atoms with Crippen molar-refractivity contribution in [2.24, 2.45) is 14.1 Å². The Kier molecular flexibility index (Phi) is 1.93. The van der Waals surface area contributed by atoms with Gasteiger partial charge < -0.3 is 0 Å². The van der Waals surface area contributed by atoms with Crippen molar-refractivity contribution in [1.82, 2.24) is 4.57 Å². The van der Waals surface area contributed by atoms with Crippen LogP contribution in [0.1, 0.15) is 5.69 Å². The van der Waals surface area contributed by atoms with E-state index in [1.54, 1.807) is 14.9 Å². The fourth-order valence-corrected chi connectivity index (χ4v) is 1.04. The minimum Gasteiger partial charge on any atom is -0.247 e. The third kappa shape index (κ3) is 1.33. The van der Waals surface area contributed by atoms with Crippen molar-refractivity contribution in [3.8, 4) is 0 Å². The smallest absolute Gasteiger partial charge is 0.247 e. The number of nitrogens with zero attached hydrogens (tertiary/aromatic N) is 2. The van der Waals surface area contributed by atoms with E-state index in [0.717, 1.165) is 10.8 Å². The summed E-state index contributed by atoms with van der Waals surface area (Å²) in [5.74, 6) is 0. The zero-order chi connectivity index (χ0) is 9.52. The van der Waals surface area contributed by atoms with Crippen LogP contribution in [-0.4, -0.2) is 12.4 Å². The molecule has 6 heteroatoms. The zero-order valence-corrected chi connectivity index (χ0v) is 7.11. The molecule has 2 nitrogen and oxygen atoms in total. The summed E-state index contributed by atoms with van der Waals surface area (Å²) in [6.07, 6.45) is -3.18. The summed E-state index contributed by atoms with van der Waals surface area (Å²) in [7, 11) is 4.62. The molecule has 0 aliphatic heterocycles. The molecule has 1 rings (SSSR count). The lowest BCUT2D eigenvalue weighted by molar-refractivity contribution is -0.672. The lowest BCUT2D eigenvalue weighted by atomic mass is 10.1. The second-order valence-corrected chi connectivity index (χ2v) is 2.73. The molecule has 0 aliphatic carbocycles. The topological polar surface area (TPSA) is 8.81 Å². The number of aromatic nitrogens is 2. The van der Waals surface area contributed by atoms with E-state index >= 15 is 0 Å². The molecule has 0 atom stereocenters. The molecule has 0 aromatic carbocycles. The standard InChI is InChI=1S/C6H9BF3N2/c1-11-3-4(6(8,9)10)12(2)5(11)7/h3H,7H2,1-2H3/q+1. The van der Waals surface area contributed by atoms with Crippen LogP contribution in [0, 0.1) is 0 Å². The van der Waals surface area contributed by atoms with Crippen LogP contribution in [-0.2, 0) is 20.3 Å². The maximum Gasteiger partial charge on any atom is 0.457 e. The van der Waals surface area contributed by atoms with E-state index in [-0.39, 0.29) is 0 Å². The Labute approximate surface area is 69.0 Å². The van der Waals surface area contributed by atoms with Crippen LogP contribution in [0.25, 0.3) is 0 Å². The molecular formula is C6H9BF3N2+.